The van der Waals surface area contributed by atoms with Gasteiger partial charge in [0.15, 0.2) is 5.69 Å². The Morgan fingerprint density at radius 2 is 2.00 bits per heavy atom. The topological polar surface area (TPSA) is 145 Å². The van der Waals surface area contributed by atoms with E-state index in [2.05, 4.69) is 15.1 Å². The number of nitrogens with zero attached hydrogens (tertiary/aromatic N) is 3. The molecule has 1 fully saturated rings. The van der Waals surface area contributed by atoms with Gasteiger partial charge in [-0.1, -0.05) is 6.92 Å². The van der Waals surface area contributed by atoms with E-state index in [0.717, 1.165) is 12.5 Å². The smallest absolute Gasteiger partial charge is 0.272 e. The molecule has 0 saturated heterocycles. The third-order valence-corrected chi connectivity index (χ3v) is 6.98. The summed E-state index contributed by atoms with van der Waals surface area (Å²) >= 11 is 0. The van der Waals surface area contributed by atoms with Gasteiger partial charge in [-0.2, -0.15) is 5.10 Å². The molecule has 1 aromatic heterocycles. The Balaban J connectivity index is 2.11. The molecule has 1 amide bonds. The number of carbonyl (C=O) groups is 1. The zero-order valence-electron chi connectivity index (χ0n) is 20.2. The van der Waals surface area contributed by atoms with E-state index in [9.17, 15) is 23.3 Å². The van der Waals surface area contributed by atoms with Crippen LogP contribution in [-0.2, 0) is 15.6 Å². The Kier molecular flexibility index (Phi) is 7.04. The van der Waals surface area contributed by atoms with Gasteiger partial charge in [-0.05, 0) is 59.9 Å². The van der Waals surface area contributed by atoms with Crippen molar-refractivity contribution >= 4 is 21.6 Å². The molecule has 0 spiro atoms. The summed E-state index contributed by atoms with van der Waals surface area (Å²) in [7, 11) is -4.08. The summed E-state index contributed by atoms with van der Waals surface area (Å²) in [5.74, 6) is -0.286. The number of nitro benzene ring substituents is 1. The van der Waals surface area contributed by atoms with Crippen molar-refractivity contribution in [3.8, 4) is 11.6 Å². The van der Waals surface area contributed by atoms with Crippen molar-refractivity contribution in [2.75, 3.05) is 0 Å². The minimum atomic E-state index is -4.08. The predicted molar refractivity (Wildman–Crippen MR) is 126 cm³/mol. The van der Waals surface area contributed by atoms with Crippen LogP contribution in [0.15, 0.2) is 23.1 Å². The lowest BCUT2D eigenvalue weighted by Crippen LogP contribution is -2.33. The second-order valence-electron chi connectivity index (χ2n) is 9.53. The number of aromatic nitrogens is 2. The highest BCUT2D eigenvalue weighted by Crippen LogP contribution is 2.37. The molecular formula is C22H31N5O6S. The molecule has 2 N–H and O–H groups in total. The molecule has 1 aliphatic rings. The van der Waals surface area contributed by atoms with E-state index in [1.54, 1.807) is 6.92 Å². The highest BCUT2D eigenvalue weighted by atomic mass is 32.2. The van der Waals surface area contributed by atoms with E-state index in [1.165, 1.54) is 16.8 Å². The molecule has 1 aliphatic carbocycles. The van der Waals surface area contributed by atoms with Crippen LogP contribution in [0.4, 0.5) is 5.69 Å². The second-order valence-corrected chi connectivity index (χ2v) is 11.2. The average Bonchev–Trinajstić information content (AvgIpc) is 3.48. The van der Waals surface area contributed by atoms with Crippen LogP contribution in [0.2, 0.25) is 0 Å². The quantitative estimate of drug-likeness (QED) is 0.401. The fraction of sp³-hybridized carbons (Fsp3) is 0.545. The summed E-state index contributed by atoms with van der Waals surface area (Å²) in [6.07, 6.45) is 2.15. The van der Waals surface area contributed by atoms with Crippen molar-refractivity contribution in [2.45, 2.75) is 83.3 Å². The lowest BCUT2D eigenvalue weighted by molar-refractivity contribution is -0.385. The molecule has 12 heteroatoms. The van der Waals surface area contributed by atoms with Crippen molar-refractivity contribution in [1.82, 2.24) is 19.8 Å². The van der Waals surface area contributed by atoms with E-state index in [0.29, 0.717) is 18.4 Å². The fourth-order valence-corrected chi connectivity index (χ4v) is 4.61. The predicted octanol–water partition coefficient (Wildman–Crippen LogP) is 3.62. The van der Waals surface area contributed by atoms with Crippen LogP contribution in [0.5, 0.6) is 11.6 Å². The standard InChI is InChI=1S/C22H31N5O6S/c1-7-13(2)23-20(28)19-14(3)21(26(24-19)22(4,5)6)33-17-11-10-16(27(29)30)12-18(17)34(31,32)25-15-8-9-15/h10-13,15,25H,7-9H2,1-6H3,(H,23,28). The molecule has 1 heterocycles. The molecule has 1 saturated carbocycles. The van der Waals surface area contributed by atoms with Crippen LogP contribution in [0, 0.1) is 17.0 Å². The molecule has 1 unspecified atom stereocenters. The molecule has 34 heavy (non-hydrogen) atoms. The number of nitrogens with one attached hydrogen (secondary N) is 2. The number of non-ortho nitro benzene ring substituents is 1. The maximum Gasteiger partial charge on any atom is 0.272 e. The average molecular weight is 494 g/mol. The number of hydrogen-bond donors (Lipinski definition) is 2. The summed E-state index contributed by atoms with van der Waals surface area (Å²) in [5, 5.41) is 18.6. The number of rotatable bonds is 9. The van der Waals surface area contributed by atoms with E-state index in [-0.39, 0.29) is 45.9 Å². The normalized spacial score (nSPS) is 15.1. The van der Waals surface area contributed by atoms with Gasteiger partial charge in [0.25, 0.3) is 11.6 Å². The van der Waals surface area contributed by atoms with Crippen LogP contribution < -0.4 is 14.8 Å². The van der Waals surface area contributed by atoms with Gasteiger partial charge in [-0.15, -0.1) is 0 Å². The highest BCUT2D eigenvalue weighted by molar-refractivity contribution is 7.89. The third-order valence-electron chi connectivity index (χ3n) is 5.44. The minimum absolute atomic E-state index is 0.0593. The number of hydrogen-bond acceptors (Lipinski definition) is 7. The first kappa shape index (κ1) is 25.6. The van der Waals surface area contributed by atoms with Gasteiger partial charge in [-0.25, -0.2) is 17.8 Å². The van der Waals surface area contributed by atoms with Gasteiger partial charge in [0.1, 0.15) is 10.6 Å². The van der Waals surface area contributed by atoms with E-state index in [1.807, 2.05) is 34.6 Å². The molecule has 0 radical (unpaired) electrons. The lowest BCUT2D eigenvalue weighted by atomic mass is 10.1. The molecule has 3 rings (SSSR count). The summed E-state index contributed by atoms with van der Waals surface area (Å²) in [6, 6.07) is 3.14. The number of sulfonamides is 1. The van der Waals surface area contributed by atoms with Crippen molar-refractivity contribution in [3.05, 3.63) is 39.6 Å². The third kappa shape index (κ3) is 5.55. The fourth-order valence-electron chi connectivity index (χ4n) is 3.16. The van der Waals surface area contributed by atoms with Crippen LogP contribution in [0.1, 0.15) is 69.9 Å². The van der Waals surface area contributed by atoms with Crippen molar-refractivity contribution in [1.29, 1.82) is 0 Å². The SMILES string of the molecule is CCC(C)NC(=O)c1nn(C(C)(C)C)c(Oc2ccc([N+](=O)[O-])cc2S(=O)(=O)NC2CC2)c1C. The van der Waals surface area contributed by atoms with Crippen LogP contribution in [0.25, 0.3) is 0 Å². The molecule has 1 atom stereocenters. The molecule has 186 valence electrons. The van der Waals surface area contributed by atoms with Gasteiger partial charge in [0.05, 0.1) is 10.5 Å². The van der Waals surface area contributed by atoms with Crippen LogP contribution >= 0.6 is 0 Å². The van der Waals surface area contributed by atoms with Crippen molar-refractivity contribution in [3.63, 3.8) is 0 Å². The molecule has 1 aromatic carbocycles. The van der Waals surface area contributed by atoms with Gasteiger partial charge >= 0.3 is 0 Å². The number of amides is 1. The maximum atomic E-state index is 13.0. The second kappa shape index (κ2) is 9.34. The summed E-state index contributed by atoms with van der Waals surface area (Å²) in [4.78, 5) is 23.1. The summed E-state index contributed by atoms with van der Waals surface area (Å²) < 4.78 is 36.1. The molecular weight excluding hydrogens is 462 g/mol. The molecule has 0 aliphatic heterocycles. The van der Waals surface area contributed by atoms with Crippen molar-refractivity contribution in [2.24, 2.45) is 0 Å². The first-order valence-electron chi connectivity index (χ1n) is 11.1. The number of ether oxygens (including phenoxy) is 1. The highest BCUT2D eigenvalue weighted by Gasteiger charge is 2.33. The Morgan fingerprint density at radius 3 is 2.53 bits per heavy atom. The Labute approximate surface area is 199 Å². The number of benzene rings is 1. The zero-order chi connectivity index (χ0) is 25.4. The van der Waals surface area contributed by atoms with Crippen molar-refractivity contribution < 1.29 is 22.9 Å². The van der Waals surface area contributed by atoms with Gasteiger partial charge < -0.3 is 10.1 Å². The number of carbonyl (C=O) groups excluding carboxylic acids is 1. The Bertz CT molecular complexity index is 1210. The maximum absolute atomic E-state index is 13.0. The summed E-state index contributed by atoms with van der Waals surface area (Å²) in [6.45, 7) is 11.1. The summed E-state index contributed by atoms with van der Waals surface area (Å²) in [5.41, 5.74) is -0.403. The first-order chi connectivity index (χ1) is 15.7. The van der Waals surface area contributed by atoms with Gasteiger partial charge in [-0.3, -0.25) is 14.9 Å². The lowest BCUT2D eigenvalue weighted by Gasteiger charge is -2.23. The zero-order valence-corrected chi connectivity index (χ0v) is 21.0. The largest absolute Gasteiger partial charge is 0.438 e. The molecule has 0 bridgehead atoms. The first-order valence-corrected chi connectivity index (χ1v) is 12.6. The Morgan fingerprint density at radius 1 is 1.35 bits per heavy atom. The van der Waals surface area contributed by atoms with Gasteiger partial charge in [0, 0.05) is 29.8 Å². The molecule has 11 nitrogen and oxygen atoms in total. The van der Waals surface area contributed by atoms with Crippen LogP contribution in [0.3, 0.4) is 0 Å². The van der Waals surface area contributed by atoms with Gasteiger partial charge in [0.2, 0.25) is 15.9 Å². The van der Waals surface area contributed by atoms with E-state index < -0.39 is 20.5 Å². The van der Waals surface area contributed by atoms with Crippen LogP contribution in [-0.4, -0.2) is 41.1 Å². The van der Waals surface area contributed by atoms with E-state index >= 15 is 0 Å². The monoisotopic (exact) mass is 493 g/mol. The number of nitro groups is 1. The Hall–Kier alpha value is -2.99. The molecule has 2 aromatic rings. The minimum Gasteiger partial charge on any atom is -0.438 e. The van der Waals surface area contributed by atoms with E-state index in [4.69, 9.17) is 4.74 Å².